The van der Waals surface area contributed by atoms with Crippen LogP contribution in [0.2, 0.25) is 0 Å². The highest BCUT2D eigenvalue weighted by Crippen LogP contribution is 2.38. The fraction of sp³-hybridized carbons (Fsp3) is 0.889. The highest BCUT2D eigenvalue weighted by atomic mass is 31.2. The molecule has 0 amide bonds. The quantitative estimate of drug-likeness (QED) is 0.532. The molecule has 0 aliphatic heterocycles. The number of rotatable bonds is 6. The topological polar surface area (TPSA) is 45.0 Å². The van der Waals surface area contributed by atoms with E-state index in [1.165, 1.54) is 0 Å². The van der Waals surface area contributed by atoms with Gasteiger partial charge in [-0.1, -0.05) is 13.8 Å². The Morgan fingerprint density at radius 1 is 1.38 bits per heavy atom. The van der Waals surface area contributed by atoms with Crippen molar-refractivity contribution >= 4 is 8.30 Å². The summed E-state index contributed by atoms with van der Waals surface area (Å²) in [6.07, 6.45) is 0.478. The fourth-order valence-corrected chi connectivity index (χ4v) is 2.25. The number of hydrogen-bond acceptors (Lipinski definition) is 3. The van der Waals surface area contributed by atoms with Gasteiger partial charge < -0.3 is 4.52 Å². The minimum Gasteiger partial charge on any atom is -0.342 e. The second kappa shape index (κ2) is 7.26. The Kier molecular flexibility index (Phi) is 7.17. The lowest BCUT2D eigenvalue weighted by Crippen LogP contribution is -2.22. The molecular weight excluding hydrogens is 183 g/mol. The van der Waals surface area contributed by atoms with Gasteiger partial charge in [-0.15, -0.1) is 0 Å². The predicted molar refractivity (Wildman–Crippen MR) is 56.5 cm³/mol. The molecule has 1 atom stereocenters. The third-order valence-electron chi connectivity index (χ3n) is 1.30. The molecule has 0 fully saturated rings. The van der Waals surface area contributed by atoms with E-state index < -0.39 is 8.30 Å². The molecule has 0 saturated carbocycles. The van der Waals surface area contributed by atoms with E-state index in [9.17, 15) is 0 Å². The number of hydrogen-bond donors (Lipinski definition) is 1. The van der Waals surface area contributed by atoms with E-state index in [1.54, 1.807) is 0 Å². The Morgan fingerprint density at radius 3 is 2.38 bits per heavy atom. The van der Waals surface area contributed by atoms with Gasteiger partial charge in [-0.05, 0) is 13.8 Å². The predicted octanol–water partition coefficient (Wildman–Crippen LogP) is 2.63. The standard InChI is InChI=1S/C9H19N2OP/c1-8(2)11-13(9(3)4)12-7-5-6-10/h8-9,11H,5,7H2,1-4H3. The van der Waals surface area contributed by atoms with Crippen LogP contribution in [0.3, 0.4) is 0 Å². The van der Waals surface area contributed by atoms with Crippen molar-refractivity contribution < 1.29 is 4.52 Å². The second-order valence-electron chi connectivity index (χ2n) is 3.44. The van der Waals surface area contributed by atoms with Gasteiger partial charge in [0, 0.05) is 11.7 Å². The monoisotopic (exact) mass is 202 g/mol. The highest BCUT2D eigenvalue weighted by molar-refractivity contribution is 7.51. The van der Waals surface area contributed by atoms with Crippen LogP contribution in [0.5, 0.6) is 0 Å². The van der Waals surface area contributed by atoms with Gasteiger partial charge in [-0.25, -0.2) is 0 Å². The zero-order chi connectivity index (χ0) is 10.3. The van der Waals surface area contributed by atoms with E-state index in [1.807, 2.05) is 0 Å². The molecular formula is C9H19N2OP. The normalized spacial score (nSPS) is 13.3. The first-order chi connectivity index (χ1) is 6.07. The maximum atomic E-state index is 8.36. The molecule has 0 rings (SSSR count). The SMILES string of the molecule is CC(C)NP(OCCC#N)C(C)C. The molecule has 0 radical (unpaired) electrons. The molecule has 0 aliphatic rings. The molecule has 0 bridgehead atoms. The van der Waals surface area contributed by atoms with Crippen molar-refractivity contribution in [3.63, 3.8) is 0 Å². The first kappa shape index (κ1) is 12.8. The Morgan fingerprint density at radius 2 is 2.00 bits per heavy atom. The van der Waals surface area contributed by atoms with Gasteiger partial charge in [0.2, 0.25) is 0 Å². The highest BCUT2D eigenvalue weighted by Gasteiger charge is 2.14. The zero-order valence-corrected chi connectivity index (χ0v) is 9.77. The number of nitrogens with zero attached hydrogens (tertiary/aromatic N) is 1. The van der Waals surface area contributed by atoms with Crippen LogP contribution < -0.4 is 5.09 Å². The van der Waals surface area contributed by atoms with Crippen LogP contribution in [0.25, 0.3) is 0 Å². The second-order valence-corrected chi connectivity index (χ2v) is 5.65. The van der Waals surface area contributed by atoms with E-state index in [-0.39, 0.29) is 0 Å². The van der Waals surface area contributed by atoms with Gasteiger partial charge >= 0.3 is 0 Å². The van der Waals surface area contributed by atoms with Crippen LogP contribution in [0.15, 0.2) is 0 Å². The average molecular weight is 202 g/mol. The molecule has 0 heterocycles. The third kappa shape index (κ3) is 6.95. The lowest BCUT2D eigenvalue weighted by molar-refractivity contribution is 0.349. The molecule has 4 heteroatoms. The van der Waals surface area contributed by atoms with Crippen molar-refractivity contribution in [2.24, 2.45) is 0 Å². The lowest BCUT2D eigenvalue weighted by atomic mass is 10.4. The summed E-state index contributed by atoms with van der Waals surface area (Å²) >= 11 is 0. The summed E-state index contributed by atoms with van der Waals surface area (Å²) in [4.78, 5) is 0. The summed E-state index contributed by atoms with van der Waals surface area (Å²) in [6.45, 7) is 9.01. The molecule has 0 aromatic carbocycles. The van der Waals surface area contributed by atoms with Crippen molar-refractivity contribution in [2.75, 3.05) is 6.61 Å². The molecule has 0 aliphatic carbocycles. The fourth-order valence-electron chi connectivity index (χ4n) is 0.780. The van der Waals surface area contributed by atoms with Gasteiger partial charge in [-0.2, -0.15) is 5.26 Å². The molecule has 0 aromatic rings. The zero-order valence-electron chi connectivity index (χ0n) is 8.87. The third-order valence-corrected chi connectivity index (χ3v) is 3.47. The maximum Gasteiger partial charge on any atom is 0.104 e. The minimum absolute atomic E-state index is 0.440. The smallest absolute Gasteiger partial charge is 0.104 e. The van der Waals surface area contributed by atoms with Gasteiger partial charge in [0.15, 0.2) is 0 Å². The van der Waals surface area contributed by atoms with E-state index in [4.69, 9.17) is 9.79 Å². The van der Waals surface area contributed by atoms with Crippen LogP contribution in [-0.4, -0.2) is 18.3 Å². The van der Waals surface area contributed by atoms with E-state index in [2.05, 4.69) is 38.9 Å². The van der Waals surface area contributed by atoms with E-state index in [0.717, 1.165) is 0 Å². The molecule has 0 aromatic heterocycles. The van der Waals surface area contributed by atoms with Crippen LogP contribution in [0.1, 0.15) is 34.1 Å². The summed E-state index contributed by atoms with van der Waals surface area (Å²) in [6, 6.07) is 2.51. The van der Waals surface area contributed by atoms with E-state index >= 15 is 0 Å². The molecule has 76 valence electrons. The molecule has 3 nitrogen and oxygen atoms in total. The maximum absolute atomic E-state index is 8.36. The van der Waals surface area contributed by atoms with Gasteiger partial charge in [0.25, 0.3) is 0 Å². The Balaban J connectivity index is 3.75. The number of nitrogens with one attached hydrogen (secondary N) is 1. The molecule has 1 N–H and O–H groups in total. The van der Waals surface area contributed by atoms with E-state index in [0.29, 0.717) is 24.7 Å². The molecule has 0 saturated heterocycles. The van der Waals surface area contributed by atoms with Crippen molar-refractivity contribution in [3.8, 4) is 6.07 Å². The molecule has 0 spiro atoms. The van der Waals surface area contributed by atoms with Gasteiger partial charge in [0.05, 0.1) is 19.1 Å². The minimum atomic E-state index is -0.572. The Bertz CT molecular complexity index is 165. The van der Waals surface area contributed by atoms with Crippen molar-refractivity contribution in [2.45, 2.75) is 45.8 Å². The van der Waals surface area contributed by atoms with Crippen LogP contribution in [-0.2, 0) is 4.52 Å². The van der Waals surface area contributed by atoms with Crippen LogP contribution in [0, 0.1) is 11.3 Å². The molecule has 1 unspecified atom stereocenters. The Hall–Kier alpha value is -0.160. The molecule has 13 heavy (non-hydrogen) atoms. The van der Waals surface area contributed by atoms with Gasteiger partial charge in [-0.3, -0.25) is 5.09 Å². The Labute approximate surface area is 82.4 Å². The first-order valence-corrected chi connectivity index (χ1v) is 5.96. The summed E-state index contributed by atoms with van der Waals surface area (Å²) < 4.78 is 5.59. The average Bonchev–Trinajstić information content (AvgIpc) is 2.02. The summed E-state index contributed by atoms with van der Waals surface area (Å²) in [7, 11) is -0.572. The van der Waals surface area contributed by atoms with Crippen LogP contribution in [0.4, 0.5) is 0 Å². The van der Waals surface area contributed by atoms with Gasteiger partial charge in [0.1, 0.15) is 8.30 Å². The van der Waals surface area contributed by atoms with Crippen molar-refractivity contribution in [3.05, 3.63) is 0 Å². The summed E-state index contributed by atoms with van der Waals surface area (Å²) in [5, 5.41) is 11.7. The largest absolute Gasteiger partial charge is 0.342 e. The van der Waals surface area contributed by atoms with Crippen molar-refractivity contribution in [1.29, 1.82) is 5.26 Å². The lowest BCUT2D eigenvalue weighted by Gasteiger charge is -2.23. The van der Waals surface area contributed by atoms with Crippen molar-refractivity contribution in [1.82, 2.24) is 5.09 Å². The summed E-state index contributed by atoms with van der Waals surface area (Å²) in [5.74, 6) is 0. The van der Waals surface area contributed by atoms with Crippen LogP contribution >= 0.6 is 8.30 Å². The summed E-state index contributed by atoms with van der Waals surface area (Å²) in [5.41, 5.74) is 0.496. The first-order valence-electron chi connectivity index (χ1n) is 4.63. The number of nitriles is 1.